The third kappa shape index (κ3) is 5.90. The van der Waals surface area contributed by atoms with Gasteiger partial charge in [0.2, 0.25) is 0 Å². The molecule has 1 aliphatic rings. The Morgan fingerprint density at radius 2 is 1.87 bits per heavy atom. The van der Waals surface area contributed by atoms with Gasteiger partial charge in [0.05, 0.1) is 5.54 Å². The second-order valence-electron chi connectivity index (χ2n) is 5.93. The first-order valence-electron chi connectivity index (χ1n) is 7.99. The van der Waals surface area contributed by atoms with Gasteiger partial charge >= 0.3 is 12.0 Å². The molecule has 3 N–H and O–H groups in total. The van der Waals surface area contributed by atoms with Crippen LogP contribution in [0.2, 0.25) is 0 Å². The number of rotatable bonds is 7. The Hall–Kier alpha value is -2.08. The van der Waals surface area contributed by atoms with Crippen LogP contribution < -0.4 is 10.6 Å². The lowest BCUT2D eigenvalue weighted by atomic mass is 9.84. The van der Waals surface area contributed by atoms with Crippen LogP contribution in [-0.4, -0.2) is 42.4 Å². The van der Waals surface area contributed by atoms with Crippen LogP contribution in [-0.2, 0) is 16.0 Å². The van der Waals surface area contributed by atoms with Crippen molar-refractivity contribution in [3.05, 3.63) is 35.9 Å². The summed E-state index contributed by atoms with van der Waals surface area (Å²) in [6.45, 7) is 1.62. The van der Waals surface area contributed by atoms with Crippen LogP contribution in [0, 0.1) is 0 Å². The van der Waals surface area contributed by atoms with E-state index in [1.165, 1.54) is 5.56 Å². The van der Waals surface area contributed by atoms with Crippen molar-refractivity contribution < 1.29 is 19.4 Å². The lowest BCUT2D eigenvalue weighted by Crippen LogP contribution is -2.56. The fraction of sp³-hybridized carbons (Fsp3) is 0.529. The predicted molar refractivity (Wildman–Crippen MR) is 86.3 cm³/mol. The van der Waals surface area contributed by atoms with Gasteiger partial charge in [-0.2, -0.15) is 0 Å². The molecule has 0 spiro atoms. The van der Waals surface area contributed by atoms with Gasteiger partial charge in [0.1, 0.15) is 0 Å². The molecule has 1 aliphatic heterocycles. The van der Waals surface area contributed by atoms with Gasteiger partial charge in [-0.1, -0.05) is 30.3 Å². The molecule has 1 saturated heterocycles. The maximum Gasteiger partial charge on any atom is 0.315 e. The Morgan fingerprint density at radius 1 is 1.17 bits per heavy atom. The Bertz CT molecular complexity index is 513. The number of ether oxygens (including phenoxy) is 1. The molecule has 0 saturated carbocycles. The van der Waals surface area contributed by atoms with Crippen molar-refractivity contribution >= 4 is 12.0 Å². The molecule has 0 bridgehead atoms. The Kier molecular flexibility index (Phi) is 6.40. The number of amides is 2. The van der Waals surface area contributed by atoms with E-state index in [1.807, 2.05) is 18.2 Å². The third-order valence-electron chi connectivity index (χ3n) is 4.07. The van der Waals surface area contributed by atoms with Gasteiger partial charge in [0.25, 0.3) is 0 Å². The molecular formula is C17H24N2O4. The van der Waals surface area contributed by atoms with E-state index in [4.69, 9.17) is 9.84 Å². The van der Waals surface area contributed by atoms with Crippen molar-refractivity contribution in [3.8, 4) is 0 Å². The number of urea groups is 1. The molecule has 6 nitrogen and oxygen atoms in total. The molecule has 0 aromatic heterocycles. The van der Waals surface area contributed by atoms with Crippen LogP contribution in [0.25, 0.3) is 0 Å². The van der Waals surface area contributed by atoms with E-state index >= 15 is 0 Å². The summed E-state index contributed by atoms with van der Waals surface area (Å²) < 4.78 is 5.43. The topological polar surface area (TPSA) is 87.7 Å². The summed E-state index contributed by atoms with van der Waals surface area (Å²) in [7, 11) is 0. The number of benzene rings is 1. The Labute approximate surface area is 136 Å². The summed E-state index contributed by atoms with van der Waals surface area (Å²) in [4.78, 5) is 22.6. The van der Waals surface area contributed by atoms with Crippen LogP contribution in [0.1, 0.15) is 31.2 Å². The van der Waals surface area contributed by atoms with E-state index in [2.05, 4.69) is 22.8 Å². The number of carbonyl (C=O) groups excluding carboxylic acids is 1. The number of carbonyl (C=O) groups is 2. The maximum absolute atomic E-state index is 12.1. The van der Waals surface area contributed by atoms with E-state index < -0.39 is 5.97 Å². The van der Waals surface area contributed by atoms with E-state index in [0.717, 1.165) is 19.3 Å². The number of hydrogen-bond donors (Lipinski definition) is 3. The van der Waals surface area contributed by atoms with Crippen LogP contribution >= 0.6 is 0 Å². The van der Waals surface area contributed by atoms with Gasteiger partial charge in [-0.15, -0.1) is 0 Å². The predicted octanol–water partition coefficient (Wildman–Crippen LogP) is 1.94. The van der Waals surface area contributed by atoms with Crippen LogP contribution in [0.4, 0.5) is 4.79 Å². The van der Waals surface area contributed by atoms with Crippen molar-refractivity contribution in [1.82, 2.24) is 10.6 Å². The monoisotopic (exact) mass is 320 g/mol. The summed E-state index contributed by atoms with van der Waals surface area (Å²) in [6, 6.07) is 9.84. The quantitative estimate of drug-likeness (QED) is 0.670. The largest absolute Gasteiger partial charge is 0.481 e. The number of carboxylic acids is 1. The fourth-order valence-corrected chi connectivity index (χ4v) is 2.82. The molecule has 1 aromatic rings. The molecule has 2 rings (SSSR count). The second-order valence-corrected chi connectivity index (χ2v) is 5.93. The molecule has 126 valence electrons. The van der Waals surface area contributed by atoms with Crippen molar-refractivity contribution in [3.63, 3.8) is 0 Å². The van der Waals surface area contributed by atoms with E-state index in [-0.39, 0.29) is 18.0 Å². The van der Waals surface area contributed by atoms with E-state index in [0.29, 0.717) is 26.2 Å². The number of carboxylic acid groups (broad SMARTS) is 1. The molecule has 1 heterocycles. The summed E-state index contributed by atoms with van der Waals surface area (Å²) in [5.41, 5.74) is 0.872. The fourth-order valence-electron chi connectivity index (χ4n) is 2.82. The highest BCUT2D eigenvalue weighted by Gasteiger charge is 2.34. The van der Waals surface area contributed by atoms with E-state index in [9.17, 15) is 9.59 Å². The first kappa shape index (κ1) is 17.3. The maximum atomic E-state index is 12.1. The van der Waals surface area contributed by atoms with Gasteiger partial charge in [-0.3, -0.25) is 4.79 Å². The molecular weight excluding hydrogens is 296 g/mol. The molecule has 0 radical (unpaired) electrons. The van der Waals surface area contributed by atoms with Crippen LogP contribution in [0.3, 0.4) is 0 Å². The lowest BCUT2D eigenvalue weighted by molar-refractivity contribution is -0.137. The minimum atomic E-state index is -0.850. The minimum absolute atomic E-state index is 0.0588. The summed E-state index contributed by atoms with van der Waals surface area (Å²) >= 11 is 0. The van der Waals surface area contributed by atoms with Crippen LogP contribution in [0.15, 0.2) is 30.3 Å². The first-order chi connectivity index (χ1) is 11.1. The highest BCUT2D eigenvalue weighted by molar-refractivity contribution is 5.75. The zero-order valence-corrected chi connectivity index (χ0v) is 13.2. The Balaban J connectivity index is 1.90. The molecule has 0 unspecified atom stereocenters. The highest BCUT2D eigenvalue weighted by atomic mass is 16.5. The van der Waals surface area contributed by atoms with Crippen molar-refractivity contribution in [2.45, 2.75) is 37.6 Å². The summed E-state index contributed by atoms with van der Waals surface area (Å²) in [5, 5.41) is 14.4. The molecule has 1 fully saturated rings. The first-order valence-corrected chi connectivity index (χ1v) is 7.99. The zero-order valence-electron chi connectivity index (χ0n) is 13.2. The number of aliphatic carboxylic acids is 1. The van der Waals surface area contributed by atoms with Crippen molar-refractivity contribution in [2.24, 2.45) is 0 Å². The molecule has 23 heavy (non-hydrogen) atoms. The van der Waals surface area contributed by atoms with Gasteiger partial charge in [0.15, 0.2) is 0 Å². The SMILES string of the molecule is O=C(O)CCCNC(=O)NC1(Cc2ccccc2)CCOCC1. The van der Waals surface area contributed by atoms with Crippen molar-refractivity contribution in [1.29, 1.82) is 0 Å². The second kappa shape index (κ2) is 8.53. The van der Waals surface area contributed by atoms with Gasteiger partial charge < -0.3 is 20.5 Å². The molecule has 1 aromatic carbocycles. The van der Waals surface area contributed by atoms with Crippen molar-refractivity contribution in [2.75, 3.05) is 19.8 Å². The molecule has 6 heteroatoms. The zero-order chi connectivity index (χ0) is 16.5. The summed E-state index contributed by atoms with van der Waals surface area (Å²) in [5.74, 6) is -0.850. The number of hydrogen-bond acceptors (Lipinski definition) is 3. The Morgan fingerprint density at radius 3 is 2.52 bits per heavy atom. The molecule has 0 aliphatic carbocycles. The lowest BCUT2D eigenvalue weighted by Gasteiger charge is -2.38. The van der Waals surface area contributed by atoms with Gasteiger partial charge in [-0.05, 0) is 31.2 Å². The van der Waals surface area contributed by atoms with Crippen LogP contribution in [0.5, 0.6) is 0 Å². The summed E-state index contributed by atoms with van der Waals surface area (Å²) in [6.07, 6.45) is 2.79. The number of nitrogens with one attached hydrogen (secondary N) is 2. The van der Waals surface area contributed by atoms with E-state index in [1.54, 1.807) is 0 Å². The minimum Gasteiger partial charge on any atom is -0.481 e. The third-order valence-corrected chi connectivity index (χ3v) is 4.07. The average Bonchev–Trinajstić information content (AvgIpc) is 2.53. The molecule has 2 amide bonds. The normalized spacial score (nSPS) is 16.5. The highest BCUT2D eigenvalue weighted by Crippen LogP contribution is 2.25. The van der Waals surface area contributed by atoms with Gasteiger partial charge in [0, 0.05) is 26.2 Å². The standard InChI is InChI=1S/C17H24N2O4/c20-15(21)7-4-10-18-16(22)19-17(8-11-23-12-9-17)13-14-5-2-1-3-6-14/h1-3,5-6H,4,7-13H2,(H,20,21)(H2,18,19,22). The smallest absolute Gasteiger partial charge is 0.315 e. The van der Waals surface area contributed by atoms with Gasteiger partial charge in [-0.25, -0.2) is 4.79 Å². The molecule has 0 atom stereocenters. The average molecular weight is 320 g/mol.